The lowest BCUT2D eigenvalue weighted by atomic mass is 9.99. The first-order chi connectivity index (χ1) is 10.5. The van der Waals surface area contributed by atoms with E-state index in [9.17, 15) is 4.79 Å². The first-order valence-corrected chi connectivity index (χ1v) is 8.38. The minimum absolute atomic E-state index is 0.0329. The lowest BCUT2D eigenvalue weighted by Gasteiger charge is -2.27. The van der Waals surface area contributed by atoms with Gasteiger partial charge in [0.05, 0.1) is 6.04 Å². The van der Waals surface area contributed by atoms with E-state index in [0.29, 0.717) is 6.54 Å². The van der Waals surface area contributed by atoms with Crippen LogP contribution in [0.25, 0.3) is 0 Å². The molecule has 0 bridgehead atoms. The quantitative estimate of drug-likeness (QED) is 0.879. The van der Waals surface area contributed by atoms with Gasteiger partial charge in [-0.05, 0) is 30.4 Å². The number of carbonyl (C=O) groups is 1. The highest BCUT2D eigenvalue weighted by Gasteiger charge is 2.24. The first kappa shape index (κ1) is 16.8. The van der Waals surface area contributed by atoms with Gasteiger partial charge in [0.2, 0.25) is 5.91 Å². The van der Waals surface area contributed by atoms with Crippen LogP contribution in [0.15, 0.2) is 24.3 Å². The van der Waals surface area contributed by atoms with Gasteiger partial charge in [0.15, 0.2) is 0 Å². The number of nitrogens with two attached hydrogens (primary N) is 1. The molecular formula is C18H29N3O. The second-order valence-corrected chi connectivity index (χ2v) is 6.43. The molecular weight excluding hydrogens is 274 g/mol. The van der Waals surface area contributed by atoms with Crippen molar-refractivity contribution in [2.45, 2.75) is 45.7 Å². The van der Waals surface area contributed by atoms with Crippen LogP contribution in [0.3, 0.4) is 0 Å². The second-order valence-electron chi connectivity index (χ2n) is 6.43. The summed E-state index contributed by atoms with van der Waals surface area (Å²) in [6.45, 7) is 6.95. The molecule has 1 fully saturated rings. The van der Waals surface area contributed by atoms with Crippen molar-refractivity contribution in [2.75, 3.05) is 25.0 Å². The Morgan fingerprint density at radius 2 is 1.95 bits per heavy atom. The molecule has 1 amide bonds. The Kier molecular flexibility index (Phi) is 5.83. The standard InChI is InChI=1S/C18H29N3O/c1-4-14(2)17(19)18(22)20(3)13-15-9-5-6-10-16(15)21-11-7-8-12-21/h5-6,9-10,14,17H,4,7-8,11-13,19H2,1-3H3. The maximum absolute atomic E-state index is 12.5. The fraction of sp³-hybridized carbons (Fsp3) is 0.611. The number of carbonyl (C=O) groups excluding carboxylic acids is 1. The SMILES string of the molecule is CCC(C)C(N)C(=O)N(C)Cc1ccccc1N1CCCC1. The first-order valence-electron chi connectivity index (χ1n) is 8.38. The molecule has 0 saturated carbocycles. The summed E-state index contributed by atoms with van der Waals surface area (Å²) in [4.78, 5) is 16.7. The van der Waals surface area contributed by atoms with Crippen LogP contribution < -0.4 is 10.6 Å². The number of nitrogens with zero attached hydrogens (tertiary/aromatic N) is 2. The monoisotopic (exact) mass is 303 g/mol. The van der Waals surface area contributed by atoms with Crippen LogP contribution in [0.4, 0.5) is 5.69 Å². The van der Waals surface area contributed by atoms with Gasteiger partial charge >= 0.3 is 0 Å². The molecule has 1 aromatic rings. The zero-order valence-electron chi connectivity index (χ0n) is 14.1. The molecule has 0 aromatic heterocycles. The zero-order valence-corrected chi connectivity index (χ0v) is 14.1. The molecule has 1 saturated heterocycles. The number of rotatable bonds is 6. The minimum atomic E-state index is -0.408. The molecule has 4 heteroatoms. The molecule has 1 aliphatic heterocycles. The summed E-state index contributed by atoms with van der Waals surface area (Å²) in [6.07, 6.45) is 3.43. The lowest BCUT2D eigenvalue weighted by molar-refractivity contribution is -0.132. The van der Waals surface area contributed by atoms with Crippen molar-refractivity contribution >= 4 is 11.6 Å². The molecule has 1 heterocycles. The van der Waals surface area contributed by atoms with Crippen molar-refractivity contribution in [1.82, 2.24) is 4.90 Å². The maximum Gasteiger partial charge on any atom is 0.239 e. The summed E-state index contributed by atoms with van der Waals surface area (Å²) in [5, 5.41) is 0. The number of amides is 1. The number of benzene rings is 1. The molecule has 2 atom stereocenters. The van der Waals surface area contributed by atoms with Crippen LogP contribution in [0.5, 0.6) is 0 Å². The summed E-state index contributed by atoms with van der Waals surface area (Å²) in [5.41, 5.74) is 8.55. The van der Waals surface area contributed by atoms with Crippen LogP contribution in [0.2, 0.25) is 0 Å². The van der Waals surface area contributed by atoms with Crippen molar-refractivity contribution in [3.8, 4) is 0 Å². The third-order valence-corrected chi connectivity index (χ3v) is 4.76. The van der Waals surface area contributed by atoms with Gasteiger partial charge in [-0.1, -0.05) is 38.5 Å². The molecule has 1 aliphatic rings. The van der Waals surface area contributed by atoms with E-state index in [4.69, 9.17) is 5.73 Å². The van der Waals surface area contributed by atoms with Crippen LogP contribution in [0.1, 0.15) is 38.7 Å². The Bertz CT molecular complexity index is 497. The maximum atomic E-state index is 12.5. The number of para-hydroxylation sites is 1. The van der Waals surface area contributed by atoms with E-state index < -0.39 is 6.04 Å². The zero-order chi connectivity index (χ0) is 16.1. The molecule has 22 heavy (non-hydrogen) atoms. The van der Waals surface area contributed by atoms with E-state index in [1.54, 1.807) is 4.90 Å². The Morgan fingerprint density at radius 1 is 1.32 bits per heavy atom. The fourth-order valence-corrected chi connectivity index (χ4v) is 3.00. The van der Waals surface area contributed by atoms with Crippen molar-refractivity contribution in [3.05, 3.63) is 29.8 Å². The number of anilines is 1. The van der Waals surface area contributed by atoms with Crippen LogP contribution in [-0.4, -0.2) is 37.0 Å². The van der Waals surface area contributed by atoms with Gasteiger partial charge in [-0.15, -0.1) is 0 Å². The van der Waals surface area contributed by atoms with Gasteiger partial charge in [0, 0.05) is 32.4 Å². The summed E-state index contributed by atoms with van der Waals surface area (Å²) in [5.74, 6) is 0.245. The van der Waals surface area contributed by atoms with Gasteiger partial charge in [0.25, 0.3) is 0 Å². The number of hydrogen-bond donors (Lipinski definition) is 1. The molecule has 4 nitrogen and oxygen atoms in total. The van der Waals surface area contributed by atoms with E-state index in [1.165, 1.54) is 24.1 Å². The Labute approximate surface area is 134 Å². The second kappa shape index (κ2) is 7.63. The van der Waals surface area contributed by atoms with Gasteiger partial charge < -0.3 is 15.5 Å². The van der Waals surface area contributed by atoms with E-state index >= 15 is 0 Å². The van der Waals surface area contributed by atoms with Crippen LogP contribution in [-0.2, 0) is 11.3 Å². The van der Waals surface area contributed by atoms with E-state index in [1.807, 2.05) is 20.0 Å². The van der Waals surface area contributed by atoms with Gasteiger partial charge in [-0.3, -0.25) is 4.79 Å². The minimum Gasteiger partial charge on any atom is -0.371 e. The summed E-state index contributed by atoms with van der Waals surface area (Å²) in [6, 6.07) is 7.99. The molecule has 2 rings (SSSR count). The molecule has 122 valence electrons. The van der Waals surface area contributed by atoms with Crippen LogP contribution in [0, 0.1) is 5.92 Å². The smallest absolute Gasteiger partial charge is 0.239 e. The summed E-state index contributed by atoms with van der Waals surface area (Å²) >= 11 is 0. The molecule has 0 radical (unpaired) electrons. The molecule has 0 aliphatic carbocycles. The summed E-state index contributed by atoms with van der Waals surface area (Å²) < 4.78 is 0. The third-order valence-electron chi connectivity index (χ3n) is 4.76. The summed E-state index contributed by atoms with van der Waals surface area (Å²) in [7, 11) is 1.85. The van der Waals surface area contributed by atoms with Crippen molar-refractivity contribution in [2.24, 2.45) is 11.7 Å². The van der Waals surface area contributed by atoms with E-state index in [2.05, 4.69) is 30.0 Å². The molecule has 1 aromatic carbocycles. The predicted molar refractivity (Wildman–Crippen MR) is 91.8 cm³/mol. The van der Waals surface area contributed by atoms with E-state index in [-0.39, 0.29) is 11.8 Å². The Morgan fingerprint density at radius 3 is 2.59 bits per heavy atom. The largest absolute Gasteiger partial charge is 0.371 e. The van der Waals surface area contributed by atoms with Crippen LogP contribution >= 0.6 is 0 Å². The number of hydrogen-bond acceptors (Lipinski definition) is 3. The third kappa shape index (κ3) is 3.80. The topological polar surface area (TPSA) is 49.6 Å². The lowest BCUT2D eigenvalue weighted by Crippen LogP contribution is -2.45. The van der Waals surface area contributed by atoms with Gasteiger partial charge in [-0.2, -0.15) is 0 Å². The molecule has 2 N–H and O–H groups in total. The highest BCUT2D eigenvalue weighted by molar-refractivity contribution is 5.81. The number of likely N-dealkylation sites (N-methyl/N-ethyl adjacent to an activating group) is 1. The Hall–Kier alpha value is -1.55. The molecule has 2 unspecified atom stereocenters. The molecule has 0 spiro atoms. The van der Waals surface area contributed by atoms with E-state index in [0.717, 1.165) is 19.5 Å². The average molecular weight is 303 g/mol. The van der Waals surface area contributed by atoms with Crippen molar-refractivity contribution in [1.29, 1.82) is 0 Å². The van der Waals surface area contributed by atoms with Gasteiger partial charge in [-0.25, -0.2) is 0 Å². The highest BCUT2D eigenvalue weighted by Crippen LogP contribution is 2.25. The van der Waals surface area contributed by atoms with Crippen molar-refractivity contribution < 1.29 is 4.79 Å². The fourth-order valence-electron chi connectivity index (χ4n) is 3.00. The highest BCUT2D eigenvalue weighted by atomic mass is 16.2. The average Bonchev–Trinajstić information content (AvgIpc) is 3.07. The normalized spacial score (nSPS) is 17.4. The van der Waals surface area contributed by atoms with Crippen molar-refractivity contribution in [3.63, 3.8) is 0 Å². The Balaban J connectivity index is 2.08. The van der Waals surface area contributed by atoms with Gasteiger partial charge in [0.1, 0.15) is 0 Å². The predicted octanol–water partition coefficient (Wildman–Crippen LogP) is 2.62.